The lowest BCUT2D eigenvalue weighted by molar-refractivity contribution is -0.154. The quantitative estimate of drug-likeness (QED) is 0.461. The molecule has 1 spiro atoms. The Hall–Kier alpha value is -1.28. The molecule has 184 valence electrons. The molecule has 7 heteroatoms. The Morgan fingerprint density at radius 2 is 1.91 bits per heavy atom. The Balaban J connectivity index is 1.74. The van der Waals surface area contributed by atoms with Crippen LogP contribution < -0.4 is 5.32 Å². The number of hydrogen-bond donors (Lipinski definition) is 2. The lowest BCUT2D eigenvalue weighted by Gasteiger charge is -2.42. The summed E-state index contributed by atoms with van der Waals surface area (Å²) in [5.74, 6) is -0.516. The van der Waals surface area contributed by atoms with Gasteiger partial charge in [-0.05, 0) is 71.1 Å². The highest BCUT2D eigenvalue weighted by Gasteiger charge is 2.67. The summed E-state index contributed by atoms with van der Waals surface area (Å²) >= 11 is 0. The number of nitrogens with one attached hydrogen (secondary N) is 1. The van der Waals surface area contributed by atoms with Crippen molar-refractivity contribution in [2.24, 2.45) is 10.8 Å². The van der Waals surface area contributed by atoms with Gasteiger partial charge in [0.25, 0.3) is 0 Å². The lowest BCUT2D eigenvalue weighted by atomic mass is 9.67. The molecule has 33 heavy (non-hydrogen) atoms. The minimum Gasteiger partial charge on any atom is -0.455 e. The van der Waals surface area contributed by atoms with Gasteiger partial charge in [0.2, 0.25) is 0 Å². The van der Waals surface area contributed by atoms with Crippen LogP contribution in [0.5, 0.6) is 0 Å². The molecule has 2 fully saturated rings. The van der Waals surface area contributed by atoms with Gasteiger partial charge >= 0.3 is 5.97 Å². The molecule has 2 N–H and O–H groups in total. The fourth-order valence-corrected chi connectivity index (χ4v) is 6.68. The van der Waals surface area contributed by atoms with Gasteiger partial charge in [0.05, 0.1) is 0 Å². The maximum absolute atomic E-state index is 13.5. The average Bonchev–Trinajstić information content (AvgIpc) is 3.25. The minimum atomic E-state index is -2.07. The van der Waals surface area contributed by atoms with E-state index in [-0.39, 0.29) is 22.8 Å². The van der Waals surface area contributed by atoms with Gasteiger partial charge in [-0.1, -0.05) is 32.4 Å². The number of esters is 1. The van der Waals surface area contributed by atoms with E-state index in [0.717, 1.165) is 43.4 Å². The molecule has 0 radical (unpaired) electrons. The summed E-state index contributed by atoms with van der Waals surface area (Å²) in [6, 6.07) is -0.308. The summed E-state index contributed by atoms with van der Waals surface area (Å²) in [5, 5.41) is 14.5. The van der Waals surface area contributed by atoms with Gasteiger partial charge in [-0.15, -0.1) is 0 Å². The van der Waals surface area contributed by atoms with Crippen LogP contribution in [0.4, 0.5) is 0 Å². The zero-order valence-corrected chi connectivity index (χ0v) is 22.6. The maximum Gasteiger partial charge on any atom is 0.323 e. The highest BCUT2D eigenvalue weighted by atomic mass is 28.4. The molecule has 1 heterocycles. The van der Waals surface area contributed by atoms with Crippen molar-refractivity contribution in [3.63, 3.8) is 0 Å². The number of ketones is 1. The molecule has 3 aliphatic carbocycles. The van der Waals surface area contributed by atoms with Gasteiger partial charge < -0.3 is 19.6 Å². The second-order valence-corrected chi connectivity index (χ2v) is 17.4. The van der Waals surface area contributed by atoms with E-state index in [9.17, 15) is 14.7 Å². The van der Waals surface area contributed by atoms with E-state index in [4.69, 9.17) is 9.16 Å². The molecule has 0 aromatic carbocycles. The fraction of sp³-hybridized carbons (Fsp3) is 0.769. The van der Waals surface area contributed by atoms with Gasteiger partial charge in [-0.2, -0.15) is 0 Å². The number of carbonyl (C=O) groups is 2. The normalized spacial score (nSPS) is 35.7. The molecule has 0 unspecified atom stereocenters. The number of fused-ring (bicyclic) bond motifs is 1. The molecule has 1 aliphatic heterocycles. The number of rotatable bonds is 5. The van der Waals surface area contributed by atoms with Crippen LogP contribution in [0.1, 0.15) is 67.2 Å². The predicted octanol–water partition coefficient (Wildman–Crippen LogP) is 4.05. The third kappa shape index (κ3) is 3.70. The summed E-state index contributed by atoms with van der Waals surface area (Å²) in [6.45, 7) is 17.8. The predicted molar refractivity (Wildman–Crippen MR) is 130 cm³/mol. The number of ether oxygens (including phenoxy) is 1. The SMILES string of the molecule is CC1=C2C(=C[C@@](C)(CO[Si](C)(C)C(C)(C)C)[C@@H]2OC(=O)[C@@H]2CCCN2)C(=O)[C@](C)(O)C12CC2. The molecule has 0 aromatic heterocycles. The zero-order valence-electron chi connectivity index (χ0n) is 21.6. The Morgan fingerprint density at radius 3 is 2.42 bits per heavy atom. The Bertz CT molecular complexity index is 931. The number of aliphatic hydroxyl groups is 1. The van der Waals surface area contributed by atoms with Crippen molar-refractivity contribution in [2.45, 2.75) is 103 Å². The highest BCUT2D eigenvalue weighted by Crippen LogP contribution is 2.66. The minimum absolute atomic E-state index is 0.0363. The first-order valence-corrected chi connectivity index (χ1v) is 15.3. The third-order valence-corrected chi connectivity index (χ3v) is 13.7. The molecular formula is C26H41NO5Si. The van der Waals surface area contributed by atoms with Crippen LogP contribution in [0.3, 0.4) is 0 Å². The first-order chi connectivity index (χ1) is 15.1. The second kappa shape index (κ2) is 7.61. The number of hydrogen-bond acceptors (Lipinski definition) is 6. The van der Waals surface area contributed by atoms with E-state index in [0.29, 0.717) is 12.2 Å². The molecule has 4 rings (SSSR count). The molecule has 1 saturated carbocycles. The van der Waals surface area contributed by atoms with Crippen LogP contribution in [0.15, 0.2) is 22.8 Å². The fourth-order valence-electron chi connectivity index (χ4n) is 5.58. The molecule has 4 aliphatic rings. The summed E-state index contributed by atoms with van der Waals surface area (Å²) in [5.41, 5.74) is -0.350. The molecule has 6 nitrogen and oxygen atoms in total. The zero-order chi connectivity index (χ0) is 24.6. The molecule has 0 aromatic rings. The Morgan fingerprint density at radius 1 is 1.27 bits per heavy atom. The Labute approximate surface area is 199 Å². The topological polar surface area (TPSA) is 84.9 Å². The van der Waals surface area contributed by atoms with E-state index in [1.54, 1.807) is 6.92 Å². The van der Waals surface area contributed by atoms with Gasteiger partial charge in [0.15, 0.2) is 14.1 Å². The van der Waals surface area contributed by atoms with Crippen LogP contribution in [0.25, 0.3) is 0 Å². The smallest absolute Gasteiger partial charge is 0.323 e. The molecule has 0 amide bonds. The van der Waals surface area contributed by atoms with Crippen LogP contribution in [-0.4, -0.2) is 56.1 Å². The van der Waals surface area contributed by atoms with Gasteiger partial charge in [-0.25, -0.2) is 0 Å². The van der Waals surface area contributed by atoms with Crippen LogP contribution >= 0.6 is 0 Å². The first kappa shape index (κ1) is 24.8. The number of carbonyl (C=O) groups excluding carboxylic acids is 2. The molecular weight excluding hydrogens is 434 g/mol. The summed E-state index contributed by atoms with van der Waals surface area (Å²) in [7, 11) is -2.07. The Kier molecular flexibility index (Phi) is 5.72. The maximum atomic E-state index is 13.5. The van der Waals surface area contributed by atoms with Crippen molar-refractivity contribution >= 4 is 20.1 Å². The molecule has 1 saturated heterocycles. The van der Waals surface area contributed by atoms with Crippen molar-refractivity contribution in [3.8, 4) is 0 Å². The standard InChI is InChI=1S/C26H41NO5Si/c1-16-19-17(20(28)25(6,30)26(16)11-12-26)14-24(5,15-31-33(7,8)23(2,3)4)21(19)32-22(29)18-10-9-13-27-18/h14,18,21,27,30H,9-13,15H2,1-8H3/t18-,21+,24-,25-/m0/s1. The van der Waals surface area contributed by atoms with Crippen molar-refractivity contribution < 1.29 is 23.9 Å². The van der Waals surface area contributed by atoms with Gasteiger partial charge in [0.1, 0.15) is 17.7 Å². The van der Waals surface area contributed by atoms with Crippen molar-refractivity contribution in [3.05, 3.63) is 22.8 Å². The van der Waals surface area contributed by atoms with E-state index < -0.39 is 30.9 Å². The summed E-state index contributed by atoms with van der Waals surface area (Å²) in [6.07, 6.45) is 4.59. The number of Topliss-reactive ketones (excluding diaryl/α,β-unsaturated/α-hetero) is 1. The van der Waals surface area contributed by atoms with Crippen molar-refractivity contribution in [1.29, 1.82) is 0 Å². The van der Waals surface area contributed by atoms with Crippen LogP contribution in [0, 0.1) is 10.8 Å². The molecule has 4 atom stereocenters. The van der Waals surface area contributed by atoms with E-state index in [1.807, 2.05) is 19.9 Å². The average molecular weight is 476 g/mol. The van der Waals surface area contributed by atoms with E-state index in [2.05, 4.69) is 39.2 Å². The first-order valence-electron chi connectivity index (χ1n) is 12.4. The third-order valence-electron chi connectivity index (χ3n) is 9.24. The summed E-state index contributed by atoms with van der Waals surface area (Å²) < 4.78 is 12.8. The van der Waals surface area contributed by atoms with Crippen molar-refractivity contribution in [2.75, 3.05) is 13.2 Å². The van der Waals surface area contributed by atoms with Gasteiger partial charge in [0, 0.05) is 28.6 Å². The lowest BCUT2D eigenvalue weighted by Crippen LogP contribution is -2.51. The van der Waals surface area contributed by atoms with E-state index in [1.165, 1.54) is 0 Å². The second-order valence-electron chi connectivity index (χ2n) is 12.6. The van der Waals surface area contributed by atoms with Crippen LogP contribution in [-0.2, 0) is 18.8 Å². The van der Waals surface area contributed by atoms with Crippen LogP contribution in [0.2, 0.25) is 18.1 Å². The summed E-state index contributed by atoms with van der Waals surface area (Å²) in [4.78, 5) is 26.6. The van der Waals surface area contributed by atoms with Gasteiger partial charge in [-0.3, -0.25) is 9.59 Å². The molecule has 0 bridgehead atoms. The highest BCUT2D eigenvalue weighted by molar-refractivity contribution is 6.74. The van der Waals surface area contributed by atoms with Crippen molar-refractivity contribution in [1.82, 2.24) is 5.32 Å². The monoisotopic (exact) mass is 475 g/mol. The largest absolute Gasteiger partial charge is 0.455 e. The van der Waals surface area contributed by atoms with E-state index >= 15 is 0 Å².